The van der Waals surface area contributed by atoms with Gasteiger partial charge in [-0.2, -0.15) is 4.39 Å². The van der Waals surface area contributed by atoms with E-state index in [0.717, 1.165) is 16.8 Å². The standard InChI is InChI=1S/C20H18ClFN4O/c1-12-6-8-23-18(22)15(12)10-26-9-7-17-16(11-26)20(27)25-19(24-17)13-2-4-14(21)5-3-13/h2-6,8H,7,9-11H2,1H3,(H,24,25,27). The number of hydrogen-bond donors (Lipinski definition) is 1. The van der Waals surface area contributed by atoms with Crippen molar-refractivity contribution in [3.8, 4) is 11.4 Å². The van der Waals surface area contributed by atoms with Gasteiger partial charge in [-0.15, -0.1) is 0 Å². The van der Waals surface area contributed by atoms with Crippen molar-refractivity contribution in [2.75, 3.05) is 6.54 Å². The molecule has 7 heteroatoms. The van der Waals surface area contributed by atoms with Crippen LogP contribution in [0.2, 0.25) is 5.02 Å². The summed E-state index contributed by atoms with van der Waals surface area (Å²) >= 11 is 5.92. The molecule has 0 aliphatic carbocycles. The van der Waals surface area contributed by atoms with Crippen LogP contribution in [-0.4, -0.2) is 26.4 Å². The molecule has 1 aliphatic rings. The lowest BCUT2D eigenvalue weighted by Gasteiger charge is -2.28. The largest absolute Gasteiger partial charge is 0.306 e. The maximum absolute atomic E-state index is 14.0. The molecular weight excluding hydrogens is 367 g/mol. The summed E-state index contributed by atoms with van der Waals surface area (Å²) in [6.07, 6.45) is 2.10. The highest BCUT2D eigenvalue weighted by Crippen LogP contribution is 2.22. The van der Waals surface area contributed by atoms with Crippen LogP contribution >= 0.6 is 11.6 Å². The van der Waals surface area contributed by atoms with Crippen LogP contribution in [0.15, 0.2) is 41.3 Å². The average molecular weight is 385 g/mol. The van der Waals surface area contributed by atoms with Crippen molar-refractivity contribution in [3.05, 3.63) is 80.2 Å². The van der Waals surface area contributed by atoms with E-state index < -0.39 is 5.95 Å². The Kier molecular flexibility index (Phi) is 4.76. The maximum Gasteiger partial charge on any atom is 0.255 e. The molecule has 0 spiro atoms. The zero-order valence-electron chi connectivity index (χ0n) is 14.8. The number of halogens is 2. The normalized spacial score (nSPS) is 14.2. The van der Waals surface area contributed by atoms with Gasteiger partial charge in [0.2, 0.25) is 5.95 Å². The second kappa shape index (κ2) is 7.21. The van der Waals surface area contributed by atoms with Crippen molar-refractivity contribution < 1.29 is 4.39 Å². The first kappa shape index (κ1) is 17.8. The molecule has 4 rings (SSSR count). The molecule has 1 aromatic carbocycles. The fourth-order valence-electron chi connectivity index (χ4n) is 3.33. The van der Waals surface area contributed by atoms with Gasteiger partial charge in [0.25, 0.3) is 5.56 Å². The zero-order chi connectivity index (χ0) is 19.0. The predicted molar refractivity (Wildman–Crippen MR) is 102 cm³/mol. The first-order valence-corrected chi connectivity index (χ1v) is 9.09. The minimum absolute atomic E-state index is 0.155. The molecule has 0 radical (unpaired) electrons. The zero-order valence-corrected chi connectivity index (χ0v) is 15.6. The van der Waals surface area contributed by atoms with Crippen molar-refractivity contribution in [2.24, 2.45) is 0 Å². The third-order valence-corrected chi connectivity index (χ3v) is 5.14. The van der Waals surface area contributed by atoms with Gasteiger partial charge in [-0.3, -0.25) is 9.69 Å². The van der Waals surface area contributed by atoms with E-state index in [0.29, 0.717) is 48.0 Å². The van der Waals surface area contributed by atoms with Gasteiger partial charge in [-0.05, 0) is 42.8 Å². The SMILES string of the molecule is Cc1ccnc(F)c1CN1CCc2nc(-c3ccc(Cl)cc3)[nH]c(=O)c2C1. The molecule has 0 atom stereocenters. The third kappa shape index (κ3) is 3.63. The second-order valence-corrected chi connectivity index (χ2v) is 7.14. The number of fused-ring (bicyclic) bond motifs is 1. The van der Waals surface area contributed by atoms with Crippen molar-refractivity contribution >= 4 is 11.6 Å². The van der Waals surface area contributed by atoms with Gasteiger partial charge < -0.3 is 4.98 Å². The van der Waals surface area contributed by atoms with Crippen LogP contribution in [0, 0.1) is 12.9 Å². The van der Waals surface area contributed by atoms with Gasteiger partial charge in [0.1, 0.15) is 5.82 Å². The minimum atomic E-state index is -0.453. The lowest BCUT2D eigenvalue weighted by molar-refractivity contribution is 0.237. The van der Waals surface area contributed by atoms with E-state index in [2.05, 4.69) is 15.0 Å². The van der Waals surface area contributed by atoms with E-state index in [-0.39, 0.29) is 5.56 Å². The fraction of sp³-hybridized carbons (Fsp3) is 0.250. The van der Waals surface area contributed by atoms with Gasteiger partial charge in [-0.25, -0.2) is 9.97 Å². The molecule has 1 N–H and O–H groups in total. The van der Waals surface area contributed by atoms with Crippen LogP contribution in [-0.2, 0) is 19.5 Å². The first-order chi connectivity index (χ1) is 13.0. The number of aryl methyl sites for hydroxylation is 1. The van der Waals surface area contributed by atoms with Gasteiger partial charge in [0.15, 0.2) is 0 Å². The number of aromatic amines is 1. The maximum atomic E-state index is 14.0. The van der Waals surface area contributed by atoms with Crippen LogP contribution < -0.4 is 5.56 Å². The Balaban J connectivity index is 1.60. The Labute approximate surface area is 160 Å². The molecule has 2 aromatic heterocycles. The molecular formula is C20H18ClFN4O. The summed E-state index contributed by atoms with van der Waals surface area (Å²) in [5.41, 5.74) is 3.53. The second-order valence-electron chi connectivity index (χ2n) is 6.70. The summed E-state index contributed by atoms with van der Waals surface area (Å²) in [7, 11) is 0. The molecule has 0 saturated heterocycles. The van der Waals surface area contributed by atoms with Crippen LogP contribution in [0.3, 0.4) is 0 Å². The van der Waals surface area contributed by atoms with E-state index in [1.807, 2.05) is 24.0 Å². The minimum Gasteiger partial charge on any atom is -0.306 e. The Morgan fingerprint density at radius 1 is 1.26 bits per heavy atom. The number of rotatable bonds is 3. The number of H-pyrrole nitrogens is 1. The van der Waals surface area contributed by atoms with Gasteiger partial charge in [-0.1, -0.05) is 11.6 Å². The number of pyridine rings is 1. The highest BCUT2D eigenvalue weighted by molar-refractivity contribution is 6.30. The van der Waals surface area contributed by atoms with Crippen LogP contribution in [0.4, 0.5) is 4.39 Å². The summed E-state index contributed by atoms with van der Waals surface area (Å²) in [4.78, 5) is 25.9. The van der Waals surface area contributed by atoms with Crippen LogP contribution in [0.5, 0.6) is 0 Å². The molecule has 0 unspecified atom stereocenters. The molecule has 0 amide bonds. The summed E-state index contributed by atoms with van der Waals surface area (Å²) in [5.74, 6) is 0.0870. The quantitative estimate of drug-likeness (QED) is 0.702. The van der Waals surface area contributed by atoms with E-state index in [4.69, 9.17) is 11.6 Å². The van der Waals surface area contributed by atoms with Crippen molar-refractivity contribution in [3.63, 3.8) is 0 Å². The van der Waals surface area contributed by atoms with Crippen LogP contribution in [0.25, 0.3) is 11.4 Å². The Morgan fingerprint density at radius 2 is 2.04 bits per heavy atom. The van der Waals surface area contributed by atoms with E-state index >= 15 is 0 Å². The molecule has 27 heavy (non-hydrogen) atoms. The van der Waals surface area contributed by atoms with Gasteiger partial charge in [0, 0.05) is 48.4 Å². The highest BCUT2D eigenvalue weighted by Gasteiger charge is 2.23. The molecule has 3 heterocycles. The topological polar surface area (TPSA) is 61.9 Å². The molecule has 138 valence electrons. The van der Waals surface area contributed by atoms with Crippen molar-refractivity contribution in [2.45, 2.75) is 26.4 Å². The summed E-state index contributed by atoms with van der Waals surface area (Å²) in [6.45, 7) is 3.43. The lowest BCUT2D eigenvalue weighted by atomic mass is 10.0. The monoisotopic (exact) mass is 384 g/mol. The Morgan fingerprint density at radius 3 is 2.78 bits per heavy atom. The Hall–Kier alpha value is -2.57. The van der Waals surface area contributed by atoms with E-state index in [1.54, 1.807) is 18.2 Å². The lowest BCUT2D eigenvalue weighted by Crippen LogP contribution is -2.35. The Bertz CT molecular complexity index is 1030. The number of hydrogen-bond acceptors (Lipinski definition) is 4. The third-order valence-electron chi connectivity index (χ3n) is 4.88. The molecule has 0 bridgehead atoms. The summed E-state index contributed by atoms with van der Waals surface area (Å²) < 4.78 is 14.0. The first-order valence-electron chi connectivity index (χ1n) is 8.71. The molecule has 0 saturated carbocycles. The predicted octanol–water partition coefficient (Wildman–Crippen LogP) is 3.49. The van der Waals surface area contributed by atoms with Gasteiger partial charge in [0.05, 0.1) is 11.3 Å². The molecule has 5 nitrogen and oxygen atoms in total. The average Bonchev–Trinajstić information content (AvgIpc) is 2.66. The molecule has 3 aromatic rings. The fourth-order valence-corrected chi connectivity index (χ4v) is 3.46. The summed E-state index contributed by atoms with van der Waals surface area (Å²) in [5, 5.41) is 0.632. The number of nitrogens with zero attached hydrogens (tertiary/aromatic N) is 3. The highest BCUT2D eigenvalue weighted by atomic mass is 35.5. The smallest absolute Gasteiger partial charge is 0.255 e. The van der Waals surface area contributed by atoms with E-state index in [9.17, 15) is 9.18 Å². The molecule has 0 fully saturated rings. The van der Waals surface area contributed by atoms with Crippen molar-refractivity contribution in [1.82, 2.24) is 19.9 Å². The van der Waals surface area contributed by atoms with Crippen molar-refractivity contribution in [1.29, 1.82) is 0 Å². The van der Waals surface area contributed by atoms with Crippen LogP contribution in [0.1, 0.15) is 22.4 Å². The summed E-state index contributed by atoms with van der Waals surface area (Å²) in [6, 6.07) is 8.99. The number of nitrogens with one attached hydrogen (secondary N) is 1. The van der Waals surface area contributed by atoms with Gasteiger partial charge >= 0.3 is 0 Å². The number of aromatic nitrogens is 3. The van der Waals surface area contributed by atoms with E-state index in [1.165, 1.54) is 6.20 Å². The number of benzene rings is 1. The molecule has 1 aliphatic heterocycles.